The van der Waals surface area contributed by atoms with Crippen LogP contribution in [0.25, 0.3) is 0 Å². The lowest BCUT2D eigenvalue weighted by molar-refractivity contribution is 0.0364. The van der Waals surface area contributed by atoms with E-state index in [0.29, 0.717) is 23.6 Å². The molecule has 0 aliphatic carbocycles. The molecule has 2 aromatic carbocycles. The molecule has 7 nitrogen and oxygen atoms in total. The standard InChI is InChI=1S/C17H20N2O5S/c1-4-24-18-17(20)13-9-11-14(12-10-13)25(21,22)19(2)15-7-5-6-8-16(15)23-3/h5-12H,4H2,1-3H3,(H,18,20). The third kappa shape index (κ3) is 4.09. The van der Waals surface area contributed by atoms with E-state index in [2.05, 4.69) is 5.48 Å². The summed E-state index contributed by atoms with van der Waals surface area (Å²) >= 11 is 0. The second-order valence-corrected chi connectivity index (χ2v) is 7.00. The molecule has 0 spiro atoms. The van der Waals surface area contributed by atoms with Crippen LogP contribution in [0.3, 0.4) is 0 Å². The maximum atomic E-state index is 12.8. The summed E-state index contributed by atoms with van der Waals surface area (Å²) in [5.41, 5.74) is 2.97. The second-order valence-electron chi connectivity index (χ2n) is 5.03. The van der Waals surface area contributed by atoms with Gasteiger partial charge in [-0.25, -0.2) is 13.9 Å². The third-order valence-electron chi connectivity index (χ3n) is 3.51. The van der Waals surface area contributed by atoms with Crippen molar-refractivity contribution < 1.29 is 22.8 Å². The Morgan fingerprint density at radius 2 is 1.76 bits per heavy atom. The van der Waals surface area contributed by atoms with Crippen LogP contribution in [0.2, 0.25) is 0 Å². The molecule has 0 fully saturated rings. The normalized spacial score (nSPS) is 11.0. The zero-order valence-electron chi connectivity index (χ0n) is 14.2. The molecule has 0 saturated heterocycles. The van der Waals surface area contributed by atoms with Gasteiger partial charge in [-0.2, -0.15) is 0 Å². The number of hydrogen-bond acceptors (Lipinski definition) is 5. The van der Waals surface area contributed by atoms with Crippen LogP contribution in [0.1, 0.15) is 17.3 Å². The van der Waals surface area contributed by atoms with Crippen LogP contribution >= 0.6 is 0 Å². The molecule has 1 amide bonds. The van der Waals surface area contributed by atoms with Crippen LogP contribution in [0.5, 0.6) is 5.75 Å². The number of nitrogens with one attached hydrogen (secondary N) is 1. The van der Waals surface area contributed by atoms with Crippen molar-refractivity contribution >= 4 is 21.6 Å². The lowest BCUT2D eigenvalue weighted by Crippen LogP contribution is -2.27. The van der Waals surface area contributed by atoms with Crippen molar-refractivity contribution in [3.8, 4) is 5.75 Å². The predicted octanol–water partition coefficient (Wildman–Crippen LogP) is 2.20. The van der Waals surface area contributed by atoms with Crippen LogP contribution in [-0.4, -0.2) is 35.1 Å². The van der Waals surface area contributed by atoms with Crippen LogP contribution in [0, 0.1) is 0 Å². The van der Waals surface area contributed by atoms with Crippen molar-refractivity contribution in [2.24, 2.45) is 0 Å². The number of rotatable bonds is 7. The Balaban J connectivity index is 2.28. The van der Waals surface area contributed by atoms with Gasteiger partial charge in [0.25, 0.3) is 15.9 Å². The van der Waals surface area contributed by atoms with Crippen molar-refractivity contribution in [1.82, 2.24) is 5.48 Å². The summed E-state index contributed by atoms with van der Waals surface area (Å²) in [5.74, 6) is 0.00479. The number of methoxy groups -OCH3 is 1. The first-order valence-electron chi connectivity index (χ1n) is 7.56. The minimum absolute atomic E-state index is 0.0638. The van der Waals surface area contributed by atoms with E-state index in [4.69, 9.17) is 9.57 Å². The lowest BCUT2D eigenvalue weighted by atomic mass is 10.2. The summed E-state index contributed by atoms with van der Waals surface area (Å²) in [7, 11) is -0.869. The minimum Gasteiger partial charge on any atom is -0.495 e. The minimum atomic E-state index is -3.79. The van der Waals surface area contributed by atoms with E-state index >= 15 is 0 Å². The summed E-state index contributed by atoms with van der Waals surface area (Å²) in [6.07, 6.45) is 0. The highest BCUT2D eigenvalue weighted by molar-refractivity contribution is 7.92. The Morgan fingerprint density at radius 1 is 1.12 bits per heavy atom. The number of anilines is 1. The number of sulfonamides is 1. The molecule has 0 bridgehead atoms. The Labute approximate surface area is 147 Å². The second kappa shape index (κ2) is 8.00. The summed E-state index contributed by atoms with van der Waals surface area (Å²) in [6, 6.07) is 12.4. The number of carbonyl (C=O) groups is 1. The number of hydrogen-bond donors (Lipinski definition) is 1. The highest BCUT2D eigenvalue weighted by Gasteiger charge is 2.23. The lowest BCUT2D eigenvalue weighted by Gasteiger charge is -2.21. The van der Waals surface area contributed by atoms with Crippen molar-refractivity contribution in [3.05, 3.63) is 54.1 Å². The van der Waals surface area contributed by atoms with Gasteiger partial charge in [-0.1, -0.05) is 12.1 Å². The first-order valence-corrected chi connectivity index (χ1v) is 9.00. The summed E-state index contributed by atoms with van der Waals surface area (Å²) in [5, 5.41) is 0. The number of hydroxylamine groups is 1. The molecule has 2 rings (SSSR count). The zero-order valence-corrected chi connectivity index (χ0v) is 15.0. The molecule has 0 aliphatic heterocycles. The van der Waals surface area contributed by atoms with E-state index in [1.54, 1.807) is 31.2 Å². The number of ether oxygens (including phenoxy) is 1. The Bertz CT molecular complexity index is 834. The molecule has 1 N–H and O–H groups in total. The van der Waals surface area contributed by atoms with E-state index in [1.165, 1.54) is 38.4 Å². The average Bonchev–Trinajstić information content (AvgIpc) is 2.65. The molecule has 8 heteroatoms. The van der Waals surface area contributed by atoms with Crippen molar-refractivity contribution in [3.63, 3.8) is 0 Å². The quantitative estimate of drug-likeness (QED) is 0.762. The van der Waals surface area contributed by atoms with Crippen LogP contribution in [0.15, 0.2) is 53.4 Å². The number of amides is 1. The van der Waals surface area contributed by atoms with Gasteiger partial charge in [-0.15, -0.1) is 0 Å². The van der Waals surface area contributed by atoms with Gasteiger partial charge < -0.3 is 4.74 Å². The predicted molar refractivity (Wildman–Crippen MR) is 94.1 cm³/mol. The maximum Gasteiger partial charge on any atom is 0.274 e. The largest absolute Gasteiger partial charge is 0.495 e. The summed E-state index contributed by atoms with van der Waals surface area (Å²) < 4.78 is 32.0. The van der Waals surface area contributed by atoms with Crippen molar-refractivity contribution in [2.45, 2.75) is 11.8 Å². The van der Waals surface area contributed by atoms with Crippen molar-refractivity contribution in [2.75, 3.05) is 25.1 Å². The van der Waals surface area contributed by atoms with E-state index in [0.717, 1.165) is 4.31 Å². The first kappa shape index (κ1) is 18.8. The third-order valence-corrected chi connectivity index (χ3v) is 5.29. The fraction of sp³-hybridized carbons (Fsp3) is 0.235. The number of carbonyl (C=O) groups excluding carboxylic acids is 1. The van der Waals surface area contributed by atoms with E-state index < -0.39 is 15.9 Å². The molecule has 134 valence electrons. The zero-order chi connectivity index (χ0) is 18.4. The number of para-hydroxylation sites is 2. The summed E-state index contributed by atoms with van der Waals surface area (Å²) in [4.78, 5) is 16.7. The van der Waals surface area contributed by atoms with E-state index in [9.17, 15) is 13.2 Å². The van der Waals surface area contributed by atoms with Gasteiger partial charge in [0.1, 0.15) is 5.75 Å². The molecule has 0 aromatic heterocycles. The van der Waals surface area contributed by atoms with Gasteiger partial charge in [0.15, 0.2) is 0 Å². The van der Waals surface area contributed by atoms with E-state index in [-0.39, 0.29) is 4.90 Å². The molecular weight excluding hydrogens is 344 g/mol. The molecule has 0 aliphatic rings. The van der Waals surface area contributed by atoms with Gasteiger partial charge in [0.05, 0.1) is 24.3 Å². The molecular formula is C17H20N2O5S. The van der Waals surface area contributed by atoms with Gasteiger partial charge in [-0.05, 0) is 43.3 Å². The molecule has 0 heterocycles. The molecule has 2 aromatic rings. The van der Waals surface area contributed by atoms with Crippen LogP contribution < -0.4 is 14.5 Å². The molecule has 0 radical (unpaired) electrons. The van der Waals surface area contributed by atoms with Crippen LogP contribution in [0.4, 0.5) is 5.69 Å². The van der Waals surface area contributed by atoms with Gasteiger partial charge in [0, 0.05) is 12.6 Å². The fourth-order valence-corrected chi connectivity index (χ4v) is 3.36. The van der Waals surface area contributed by atoms with E-state index in [1.807, 2.05) is 0 Å². The fourth-order valence-electron chi connectivity index (χ4n) is 2.15. The van der Waals surface area contributed by atoms with Gasteiger partial charge in [0.2, 0.25) is 0 Å². The average molecular weight is 364 g/mol. The molecule has 0 saturated carbocycles. The van der Waals surface area contributed by atoms with Gasteiger partial charge >= 0.3 is 0 Å². The Kier molecular flexibility index (Phi) is 6.00. The monoisotopic (exact) mass is 364 g/mol. The van der Waals surface area contributed by atoms with Crippen molar-refractivity contribution in [1.29, 1.82) is 0 Å². The SMILES string of the molecule is CCONC(=O)c1ccc(S(=O)(=O)N(C)c2ccccc2OC)cc1. The topological polar surface area (TPSA) is 84.9 Å². The highest BCUT2D eigenvalue weighted by Crippen LogP contribution is 2.30. The maximum absolute atomic E-state index is 12.8. The van der Waals surface area contributed by atoms with Crippen LogP contribution in [-0.2, 0) is 14.9 Å². The smallest absolute Gasteiger partial charge is 0.274 e. The molecule has 25 heavy (non-hydrogen) atoms. The first-order chi connectivity index (χ1) is 11.9. The Morgan fingerprint density at radius 3 is 2.36 bits per heavy atom. The highest BCUT2D eigenvalue weighted by atomic mass is 32.2. The molecule has 0 atom stereocenters. The number of nitrogens with zero attached hydrogens (tertiary/aromatic N) is 1. The van der Waals surface area contributed by atoms with Gasteiger partial charge in [-0.3, -0.25) is 13.9 Å². The Hall–Kier alpha value is -2.58. The number of benzene rings is 2. The molecule has 0 unspecified atom stereocenters. The summed E-state index contributed by atoms with van der Waals surface area (Å²) in [6.45, 7) is 2.07.